The summed E-state index contributed by atoms with van der Waals surface area (Å²) in [5.41, 5.74) is 1.96. The average molecular weight is 358 g/mol. The second kappa shape index (κ2) is 5.92. The van der Waals surface area contributed by atoms with Gasteiger partial charge in [0.1, 0.15) is 5.01 Å². The lowest BCUT2D eigenvalue weighted by atomic mass is 10.2. The number of nitrogens with one attached hydrogen (secondary N) is 1. The number of benzene rings is 1. The Morgan fingerprint density at radius 3 is 3.00 bits per heavy atom. The smallest absolute Gasteiger partial charge is 0.107 e. The topological polar surface area (TPSA) is 24.9 Å². The molecule has 1 aromatic heterocycles. The number of thiazole rings is 1. The van der Waals surface area contributed by atoms with Crippen LogP contribution in [-0.4, -0.2) is 11.5 Å². The first kappa shape index (κ1) is 13.6. The van der Waals surface area contributed by atoms with Crippen LogP contribution in [0, 0.1) is 5.92 Å². The summed E-state index contributed by atoms with van der Waals surface area (Å²) in [6, 6.07) is 5.90. The molecule has 3 rings (SSSR count). The van der Waals surface area contributed by atoms with Crippen molar-refractivity contribution in [3.8, 4) is 11.3 Å². The zero-order valence-electron chi connectivity index (χ0n) is 10.3. The van der Waals surface area contributed by atoms with Crippen molar-refractivity contribution >= 4 is 38.9 Å². The van der Waals surface area contributed by atoms with Gasteiger partial charge in [0.2, 0.25) is 0 Å². The zero-order chi connectivity index (χ0) is 13.2. The summed E-state index contributed by atoms with van der Waals surface area (Å²) in [7, 11) is 0. The van der Waals surface area contributed by atoms with Gasteiger partial charge in [-0.1, -0.05) is 33.6 Å². The van der Waals surface area contributed by atoms with E-state index in [1.54, 1.807) is 11.3 Å². The highest BCUT2D eigenvalue weighted by molar-refractivity contribution is 9.10. The van der Waals surface area contributed by atoms with E-state index in [9.17, 15) is 0 Å². The SMILES string of the molecule is Clc1cc(Br)ccc1-c1csc(CNCC2CC2)n1. The molecule has 1 saturated carbocycles. The summed E-state index contributed by atoms with van der Waals surface area (Å²) in [5.74, 6) is 0.903. The van der Waals surface area contributed by atoms with E-state index >= 15 is 0 Å². The first-order valence-corrected chi connectivity index (χ1v) is 8.38. The highest BCUT2D eigenvalue weighted by Crippen LogP contribution is 2.31. The molecular formula is C14H14BrClN2S. The van der Waals surface area contributed by atoms with Gasteiger partial charge in [-0.3, -0.25) is 0 Å². The molecule has 2 nitrogen and oxygen atoms in total. The summed E-state index contributed by atoms with van der Waals surface area (Å²) in [4.78, 5) is 4.64. The number of hydrogen-bond donors (Lipinski definition) is 1. The molecule has 0 unspecified atom stereocenters. The predicted molar refractivity (Wildman–Crippen MR) is 84.7 cm³/mol. The molecule has 100 valence electrons. The summed E-state index contributed by atoms with van der Waals surface area (Å²) >= 11 is 11.3. The maximum atomic E-state index is 6.25. The Kier molecular flexibility index (Phi) is 4.22. The number of nitrogens with zero attached hydrogens (tertiary/aromatic N) is 1. The molecule has 1 N–H and O–H groups in total. The van der Waals surface area contributed by atoms with Crippen molar-refractivity contribution in [1.29, 1.82) is 0 Å². The van der Waals surface area contributed by atoms with E-state index < -0.39 is 0 Å². The van der Waals surface area contributed by atoms with Gasteiger partial charge in [-0.2, -0.15) is 0 Å². The van der Waals surface area contributed by atoms with Crippen molar-refractivity contribution < 1.29 is 0 Å². The van der Waals surface area contributed by atoms with E-state index in [4.69, 9.17) is 11.6 Å². The van der Waals surface area contributed by atoms with E-state index in [-0.39, 0.29) is 0 Å². The highest BCUT2D eigenvalue weighted by atomic mass is 79.9. The average Bonchev–Trinajstić information content (AvgIpc) is 3.07. The van der Waals surface area contributed by atoms with Crippen LogP contribution in [0.1, 0.15) is 17.8 Å². The standard InChI is InChI=1S/C14H14BrClN2S/c15-10-3-4-11(12(16)5-10)13-8-19-14(18-13)7-17-6-9-1-2-9/h3-5,8-9,17H,1-2,6-7H2. The third kappa shape index (κ3) is 3.57. The quantitative estimate of drug-likeness (QED) is 0.837. The van der Waals surface area contributed by atoms with Crippen LogP contribution in [0.15, 0.2) is 28.1 Å². The van der Waals surface area contributed by atoms with Crippen LogP contribution in [-0.2, 0) is 6.54 Å². The Morgan fingerprint density at radius 1 is 1.42 bits per heavy atom. The van der Waals surface area contributed by atoms with E-state index in [1.807, 2.05) is 18.2 Å². The minimum absolute atomic E-state index is 0.733. The maximum absolute atomic E-state index is 6.25. The molecule has 5 heteroatoms. The van der Waals surface area contributed by atoms with Gasteiger partial charge in [-0.05, 0) is 37.4 Å². The monoisotopic (exact) mass is 356 g/mol. The van der Waals surface area contributed by atoms with E-state index in [0.717, 1.165) is 44.8 Å². The van der Waals surface area contributed by atoms with Crippen LogP contribution in [0.25, 0.3) is 11.3 Å². The van der Waals surface area contributed by atoms with Gasteiger partial charge in [0.25, 0.3) is 0 Å². The molecule has 19 heavy (non-hydrogen) atoms. The number of aromatic nitrogens is 1. The van der Waals surface area contributed by atoms with Crippen molar-refractivity contribution in [2.24, 2.45) is 5.92 Å². The van der Waals surface area contributed by atoms with Gasteiger partial charge in [0.15, 0.2) is 0 Å². The van der Waals surface area contributed by atoms with Crippen molar-refractivity contribution in [3.63, 3.8) is 0 Å². The fourth-order valence-corrected chi connectivity index (χ4v) is 3.45. The maximum Gasteiger partial charge on any atom is 0.107 e. The Balaban J connectivity index is 1.68. The van der Waals surface area contributed by atoms with Gasteiger partial charge in [0, 0.05) is 22.0 Å². The predicted octanol–water partition coefficient (Wildman–Crippen LogP) is 4.73. The first-order valence-electron chi connectivity index (χ1n) is 6.33. The Morgan fingerprint density at radius 2 is 2.26 bits per heavy atom. The van der Waals surface area contributed by atoms with Crippen LogP contribution < -0.4 is 5.32 Å². The number of halogens is 2. The summed E-state index contributed by atoms with van der Waals surface area (Å²) < 4.78 is 0.989. The molecule has 1 aliphatic carbocycles. The fourth-order valence-electron chi connectivity index (χ4n) is 1.92. The second-order valence-corrected chi connectivity index (χ2v) is 7.09. The molecular weight excluding hydrogens is 344 g/mol. The van der Waals surface area contributed by atoms with Gasteiger partial charge >= 0.3 is 0 Å². The highest BCUT2D eigenvalue weighted by Gasteiger charge is 2.20. The van der Waals surface area contributed by atoms with Crippen LogP contribution in [0.4, 0.5) is 0 Å². The molecule has 0 aliphatic heterocycles. The molecule has 1 aliphatic rings. The molecule has 0 bridgehead atoms. The lowest BCUT2D eigenvalue weighted by molar-refractivity contribution is 0.637. The van der Waals surface area contributed by atoms with Crippen molar-refractivity contribution in [2.75, 3.05) is 6.54 Å². The summed E-state index contributed by atoms with van der Waals surface area (Å²) in [6.07, 6.45) is 2.76. The van der Waals surface area contributed by atoms with Crippen molar-refractivity contribution in [3.05, 3.63) is 38.1 Å². The van der Waals surface area contributed by atoms with E-state index in [1.165, 1.54) is 12.8 Å². The Bertz CT molecular complexity index is 581. The number of rotatable bonds is 5. The molecule has 1 aromatic carbocycles. The van der Waals surface area contributed by atoms with Gasteiger partial charge in [0.05, 0.1) is 10.7 Å². The van der Waals surface area contributed by atoms with E-state index in [2.05, 4.69) is 31.6 Å². The zero-order valence-corrected chi connectivity index (χ0v) is 13.5. The Hall–Kier alpha value is -0.420. The molecule has 1 heterocycles. The van der Waals surface area contributed by atoms with Gasteiger partial charge < -0.3 is 5.32 Å². The van der Waals surface area contributed by atoms with Crippen LogP contribution in [0.2, 0.25) is 5.02 Å². The molecule has 2 aromatic rings. The van der Waals surface area contributed by atoms with Gasteiger partial charge in [-0.15, -0.1) is 11.3 Å². The van der Waals surface area contributed by atoms with Crippen molar-refractivity contribution in [1.82, 2.24) is 10.3 Å². The van der Waals surface area contributed by atoms with Gasteiger partial charge in [-0.25, -0.2) is 4.98 Å². The summed E-state index contributed by atoms with van der Waals surface area (Å²) in [6.45, 7) is 1.98. The molecule has 0 amide bonds. The third-order valence-electron chi connectivity index (χ3n) is 3.16. The van der Waals surface area contributed by atoms with Crippen LogP contribution in [0.5, 0.6) is 0 Å². The van der Waals surface area contributed by atoms with Crippen molar-refractivity contribution in [2.45, 2.75) is 19.4 Å². The molecule has 0 radical (unpaired) electrons. The lowest BCUT2D eigenvalue weighted by Crippen LogP contribution is -2.15. The normalized spacial score (nSPS) is 14.8. The molecule has 0 atom stereocenters. The largest absolute Gasteiger partial charge is 0.310 e. The second-order valence-electron chi connectivity index (χ2n) is 4.82. The number of hydrogen-bond acceptors (Lipinski definition) is 3. The molecule has 0 saturated heterocycles. The molecule has 0 spiro atoms. The third-order valence-corrected chi connectivity index (χ3v) is 4.82. The first-order chi connectivity index (χ1) is 9.22. The minimum atomic E-state index is 0.733. The Labute approximate surface area is 130 Å². The minimum Gasteiger partial charge on any atom is -0.310 e. The summed E-state index contributed by atoms with van der Waals surface area (Å²) in [5, 5.41) is 7.39. The van der Waals surface area contributed by atoms with Crippen LogP contribution >= 0.6 is 38.9 Å². The lowest BCUT2D eigenvalue weighted by Gasteiger charge is -2.01. The van der Waals surface area contributed by atoms with E-state index in [0.29, 0.717) is 0 Å². The fraction of sp³-hybridized carbons (Fsp3) is 0.357. The van der Waals surface area contributed by atoms with Crippen LogP contribution in [0.3, 0.4) is 0 Å². The molecule has 1 fully saturated rings.